The van der Waals surface area contributed by atoms with Crippen LogP contribution in [0.2, 0.25) is 0 Å². The molecule has 0 radical (unpaired) electrons. The summed E-state index contributed by atoms with van der Waals surface area (Å²) in [4.78, 5) is 12.7. The van der Waals surface area contributed by atoms with Crippen molar-refractivity contribution in [3.05, 3.63) is 0 Å². The largest absolute Gasteiger partial charge is 0.444 e. The van der Waals surface area contributed by atoms with E-state index in [9.17, 15) is 30.3 Å². The van der Waals surface area contributed by atoms with Gasteiger partial charge in [-0.15, -0.1) is 0 Å². The van der Waals surface area contributed by atoms with Gasteiger partial charge in [-0.1, -0.05) is 13.8 Å². The quantitative estimate of drug-likeness (QED) is 0.229. The molecule has 13 atom stereocenters. The van der Waals surface area contributed by atoms with Crippen LogP contribution in [0.5, 0.6) is 0 Å². The van der Waals surface area contributed by atoms with Gasteiger partial charge in [0.1, 0.15) is 23.9 Å². The normalized spacial score (nSPS) is 45.3. The van der Waals surface area contributed by atoms with E-state index in [2.05, 4.69) is 5.32 Å². The molecular formula is C25H46N2O10. The Morgan fingerprint density at radius 2 is 1.68 bits per heavy atom. The van der Waals surface area contributed by atoms with E-state index in [0.717, 1.165) is 0 Å². The summed E-state index contributed by atoms with van der Waals surface area (Å²) < 4.78 is 23.3. The number of hydrogen-bond acceptors (Lipinski definition) is 11. The predicted molar refractivity (Wildman–Crippen MR) is 131 cm³/mol. The van der Waals surface area contributed by atoms with E-state index >= 15 is 0 Å². The fraction of sp³-hybridized carbons (Fsp3) is 0.960. The number of alkyl carbamates (subject to hydrolysis) is 1. The number of aliphatic hydroxyl groups is 5. The minimum atomic E-state index is -1.24. The maximum atomic E-state index is 12.7. The van der Waals surface area contributed by atoms with E-state index in [4.69, 9.17) is 24.7 Å². The van der Waals surface area contributed by atoms with Crippen molar-refractivity contribution in [2.45, 2.75) is 133 Å². The standard InChI is InChI=1S/C25H46N2O10/c1-6-17-14(29)7-11(2)21(34-17)19-13(27-24(33)37-25(3,4)5)8-12(26)22(20(19)32)36-23-16(31)9-15(30)18(10-28)35-23/h11-23,28-32H,6-10,26H2,1-5H3,(H,27,33). The molecule has 12 heteroatoms. The van der Waals surface area contributed by atoms with Crippen LogP contribution >= 0.6 is 0 Å². The summed E-state index contributed by atoms with van der Waals surface area (Å²) in [6, 6.07) is -1.38. The minimum Gasteiger partial charge on any atom is -0.444 e. The summed E-state index contributed by atoms with van der Waals surface area (Å²) in [6.45, 7) is 8.61. The number of carbonyl (C=O) groups excluding carboxylic acids is 1. The summed E-state index contributed by atoms with van der Waals surface area (Å²) in [5, 5.41) is 54.9. The van der Waals surface area contributed by atoms with Crippen LogP contribution in [0.1, 0.15) is 60.3 Å². The molecule has 1 amide bonds. The van der Waals surface area contributed by atoms with Crippen LogP contribution < -0.4 is 11.1 Å². The number of carbonyl (C=O) groups is 1. The molecule has 0 aromatic rings. The number of nitrogens with one attached hydrogen (secondary N) is 1. The topological polar surface area (TPSA) is 193 Å². The second-order valence-corrected chi connectivity index (χ2v) is 11.7. The van der Waals surface area contributed by atoms with Gasteiger partial charge in [-0.3, -0.25) is 0 Å². The molecule has 2 aliphatic heterocycles. The zero-order valence-electron chi connectivity index (χ0n) is 22.4. The minimum absolute atomic E-state index is 0.0704. The summed E-state index contributed by atoms with van der Waals surface area (Å²) >= 11 is 0. The first-order chi connectivity index (χ1) is 17.2. The van der Waals surface area contributed by atoms with E-state index in [1.807, 2.05) is 13.8 Å². The Morgan fingerprint density at radius 3 is 2.27 bits per heavy atom. The smallest absolute Gasteiger partial charge is 0.407 e. The van der Waals surface area contributed by atoms with Crippen LogP contribution in [0.25, 0.3) is 0 Å². The fourth-order valence-electron chi connectivity index (χ4n) is 5.75. The highest BCUT2D eigenvalue weighted by Gasteiger charge is 2.53. The third kappa shape index (κ3) is 7.31. The number of nitrogens with two attached hydrogens (primary N) is 1. The third-order valence-electron chi connectivity index (χ3n) is 7.57. The number of aliphatic hydroxyl groups excluding tert-OH is 5. The maximum Gasteiger partial charge on any atom is 0.407 e. The molecule has 3 aliphatic rings. The van der Waals surface area contributed by atoms with E-state index in [1.165, 1.54) is 0 Å². The first-order valence-corrected chi connectivity index (χ1v) is 13.3. The summed E-state index contributed by atoms with van der Waals surface area (Å²) in [5.41, 5.74) is 5.70. The van der Waals surface area contributed by atoms with Crippen molar-refractivity contribution < 1.29 is 49.3 Å². The SMILES string of the molecule is CCC1OC(C2C(NC(=O)OC(C)(C)C)CC(N)C(OC3OC(CO)C(O)CC3O)C2O)C(C)CC1O. The zero-order chi connectivity index (χ0) is 27.7. The van der Waals surface area contributed by atoms with Gasteiger partial charge in [0, 0.05) is 24.4 Å². The average molecular weight is 535 g/mol. The van der Waals surface area contributed by atoms with Crippen LogP contribution in [0, 0.1) is 11.8 Å². The second-order valence-electron chi connectivity index (χ2n) is 11.7. The summed E-state index contributed by atoms with van der Waals surface area (Å²) in [5.74, 6) is -0.824. The lowest BCUT2D eigenvalue weighted by Gasteiger charge is -2.51. The van der Waals surface area contributed by atoms with Crippen LogP contribution in [0.4, 0.5) is 4.79 Å². The Labute approximate surface area is 218 Å². The predicted octanol–water partition coefficient (Wildman–Crippen LogP) is -0.633. The van der Waals surface area contributed by atoms with Crippen molar-refractivity contribution in [1.29, 1.82) is 0 Å². The highest BCUT2D eigenvalue weighted by molar-refractivity contribution is 5.68. The third-order valence-corrected chi connectivity index (χ3v) is 7.57. The Bertz CT molecular complexity index is 751. The van der Waals surface area contributed by atoms with E-state index in [-0.39, 0.29) is 18.8 Å². The maximum absolute atomic E-state index is 12.7. The molecule has 0 aromatic heterocycles. The number of amides is 1. The summed E-state index contributed by atoms with van der Waals surface area (Å²) in [6.07, 6.45) is -7.75. The van der Waals surface area contributed by atoms with E-state index < -0.39 is 91.4 Å². The molecular weight excluding hydrogens is 488 g/mol. The van der Waals surface area contributed by atoms with Crippen molar-refractivity contribution >= 4 is 6.09 Å². The van der Waals surface area contributed by atoms with Gasteiger partial charge in [0.05, 0.1) is 37.1 Å². The Hall–Kier alpha value is -1.09. The number of hydrogen-bond donors (Lipinski definition) is 7. The molecule has 1 aliphatic carbocycles. The number of ether oxygens (including phenoxy) is 4. The highest BCUT2D eigenvalue weighted by Crippen LogP contribution is 2.40. The zero-order valence-corrected chi connectivity index (χ0v) is 22.4. The van der Waals surface area contributed by atoms with Gasteiger partial charge >= 0.3 is 6.09 Å². The molecule has 2 saturated heterocycles. The summed E-state index contributed by atoms with van der Waals surface area (Å²) in [7, 11) is 0. The molecule has 12 nitrogen and oxygen atoms in total. The highest BCUT2D eigenvalue weighted by atomic mass is 16.7. The first kappa shape index (κ1) is 30.5. The van der Waals surface area contributed by atoms with Gasteiger partial charge in [0.2, 0.25) is 0 Å². The van der Waals surface area contributed by atoms with Crippen LogP contribution in [0.15, 0.2) is 0 Å². The van der Waals surface area contributed by atoms with Crippen molar-refractivity contribution in [2.24, 2.45) is 17.6 Å². The molecule has 3 fully saturated rings. The van der Waals surface area contributed by atoms with Crippen LogP contribution in [0.3, 0.4) is 0 Å². The molecule has 13 unspecified atom stereocenters. The van der Waals surface area contributed by atoms with Gasteiger partial charge in [0.25, 0.3) is 0 Å². The Balaban J connectivity index is 1.85. The lowest BCUT2D eigenvalue weighted by Crippen LogP contribution is -2.67. The van der Waals surface area contributed by atoms with Gasteiger partial charge in [-0.05, 0) is 46.0 Å². The first-order valence-electron chi connectivity index (χ1n) is 13.3. The fourth-order valence-corrected chi connectivity index (χ4v) is 5.75. The van der Waals surface area contributed by atoms with Gasteiger partial charge < -0.3 is 55.5 Å². The van der Waals surface area contributed by atoms with Gasteiger partial charge in [-0.2, -0.15) is 0 Å². The van der Waals surface area contributed by atoms with Crippen molar-refractivity contribution in [1.82, 2.24) is 5.32 Å². The van der Waals surface area contributed by atoms with Crippen LogP contribution in [-0.2, 0) is 18.9 Å². The Kier molecular flexibility index (Phi) is 10.2. The lowest BCUT2D eigenvalue weighted by atomic mass is 9.70. The van der Waals surface area contributed by atoms with Gasteiger partial charge in [-0.25, -0.2) is 4.79 Å². The second kappa shape index (κ2) is 12.4. The number of rotatable bonds is 6. The monoisotopic (exact) mass is 534 g/mol. The Morgan fingerprint density at radius 1 is 1.03 bits per heavy atom. The van der Waals surface area contributed by atoms with Crippen molar-refractivity contribution in [3.63, 3.8) is 0 Å². The molecule has 1 saturated carbocycles. The van der Waals surface area contributed by atoms with E-state index in [1.54, 1.807) is 20.8 Å². The molecule has 0 spiro atoms. The van der Waals surface area contributed by atoms with Gasteiger partial charge in [0.15, 0.2) is 6.29 Å². The van der Waals surface area contributed by atoms with Crippen molar-refractivity contribution in [2.75, 3.05) is 6.61 Å². The molecule has 0 bridgehead atoms. The van der Waals surface area contributed by atoms with Crippen molar-refractivity contribution in [3.8, 4) is 0 Å². The van der Waals surface area contributed by atoms with E-state index in [0.29, 0.717) is 12.8 Å². The van der Waals surface area contributed by atoms with Crippen LogP contribution in [-0.4, -0.2) is 111 Å². The molecule has 216 valence electrons. The average Bonchev–Trinajstić information content (AvgIpc) is 2.77. The molecule has 2 heterocycles. The lowest BCUT2D eigenvalue weighted by molar-refractivity contribution is -0.302. The molecule has 8 N–H and O–H groups in total. The molecule has 0 aromatic carbocycles. The molecule has 3 rings (SSSR count). The molecule has 37 heavy (non-hydrogen) atoms.